The molecule has 0 bridgehead atoms. The average molecular weight is 236 g/mol. The number of para-hydroxylation sites is 1. The van der Waals surface area contributed by atoms with E-state index in [1.807, 2.05) is 30.3 Å². The first kappa shape index (κ1) is 16.0. The van der Waals surface area contributed by atoms with Crippen LogP contribution < -0.4 is 4.74 Å². The van der Waals surface area contributed by atoms with Crippen LogP contribution in [0.2, 0.25) is 0 Å². The van der Waals surface area contributed by atoms with E-state index in [0.717, 1.165) is 18.8 Å². The fourth-order valence-electron chi connectivity index (χ4n) is 1.41. The molecule has 1 aromatic rings. The van der Waals surface area contributed by atoms with Gasteiger partial charge in [0.15, 0.2) is 0 Å². The molecule has 1 heteroatoms. The van der Waals surface area contributed by atoms with Crippen molar-refractivity contribution >= 4 is 0 Å². The quantitative estimate of drug-likeness (QED) is 0.572. The summed E-state index contributed by atoms with van der Waals surface area (Å²) in [5, 5.41) is 0. The number of ether oxygens (including phenoxy) is 1. The number of rotatable bonds is 7. The van der Waals surface area contributed by atoms with Gasteiger partial charge in [0.1, 0.15) is 5.75 Å². The predicted octanol–water partition coefficient (Wildman–Crippen LogP) is 5.45. The highest BCUT2D eigenvalue weighted by atomic mass is 16.5. The van der Waals surface area contributed by atoms with Gasteiger partial charge < -0.3 is 4.74 Å². The van der Waals surface area contributed by atoms with Crippen LogP contribution >= 0.6 is 0 Å². The average Bonchev–Trinajstić information content (AvgIpc) is 2.38. The van der Waals surface area contributed by atoms with Crippen molar-refractivity contribution < 1.29 is 4.74 Å². The summed E-state index contributed by atoms with van der Waals surface area (Å²) < 4.78 is 5.51. The van der Waals surface area contributed by atoms with E-state index in [0.29, 0.717) is 0 Å². The highest BCUT2D eigenvalue weighted by molar-refractivity contribution is 5.20. The molecule has 0 saturated heterocycles. The van der Waals surface area contributed by atoms with Gasteiger partial charge >= 0.3 is 0 Å². The monoisotopic (exact) mass is 236 g/mol. The molecule has 17 heavy (non-hydrogen) atoms. The van der Waals surface area contributed by atoms with Crippen LogP contribution in [0.4, 0.5) is 0 Å². The summed E-state index contributed by atoms with van der Waals surface area (Å²) in [5.74, 6) is 0.980. The zero-order valence-electron chi connectivity index (χ0n) is 11.7. The lowest BCUT2D eigenvalue weighted by atomic mass is 10.3. The molecule has 0 saturated carbocycles. The lowest BCUT2D eigenvalue weighted by Gasteiger charge is -2.04. The number of hydrogen-bond donors (Lipinski definition) is 0. The Morgan fingerprint density at radius 2 is 1.35 bits per heavy atom. The molecule has 98 valence electrons. The largest absolute Gasteiger partial charge is 0.494 e. The van der Waals surface area contributed by atoms with Gasteiger partial charge in [0.25, 0.3) is 0 Å². The minimum atomic E-state index is 0.845. The van der Waals surface area contributed by atoms with Crippen LogP contribution in [0, 0.1) is 0 Å². The summed E-state index contributed by atoms with van der Waals surface area (Å²) in [4.78, 5) is 0. The first-order valence-electron chi connectivity index (χ1n) is 7.02. The van der Waals surface area contributed by atoms with Gasteiger partial charge in [0, 0.05) is 0 Å². The van der Waals surface area contributed by atoms with Gasteiger partial charge in [-0.05, 0) is 18.6 Å². The van der Waals surface area contributed by atoms with Crippen molar-refractivity contribution in [2.45, 2.75) is 59.3 Å². The van der Waals surface area contributed by atoms with Crippen LogP contribution in [0.5, 0.6) is 5.75 Å². The second-order valence-electron chi connectivity index (χ2n) is 4.22. The number of benzene rings is 1. The van der Waals surface area contributed by atoms with Crippen molar-refractivity contribution in [3.63, 3.8) is 0 Å². The Morgan fingerprint density at radius 1 is 0.765 bits per heavy atom. The first-order chi connectivity index (χ1) is 8.35. The minimum absolute atomic E-state index is 0.845. The van der Waals surface area contributed by atoms with Crippen LogP contribution in [0.25, 0.3) is 0 Å². The molecule has 1 aromatic carbocycles. The second kappa shape index (κ2) is 13.1. The van der Waals surface area contributed by atoms with Crippen LogP contribution in [0.3, 0.4) is 0 Å². The fourth-order valence-corrected chi connectivity index (χ4v) is 1.41. The molecule has 0 spiro atoms. The maximum atomic E-state index is 5.51. The molecule has 0 N–H and O–H groups in total. The van der Waals surface area contributed by atoms with Crippen LogP contribution in [0.1, 0.15) is 59.3 Å². The molecule has 0 heterocycles. The summed E-state index contributed by atoms with van der Waals surface area (Å²) in [7, 11) is 0. The van der Waals surface area contributed by atoms with Gasteiger partial charge in [0.2, 0.25) is 0 Å². The van der Waals surface area contributed by atoms with E-state index in [9.17, 15) is 0 Å². The molecular weight excluding hydrogens is 208 g/mol. The third kappa shape index (κ3) is 11.3. The minimum Gasteiger partial charge on any atom is -0.494 e. The van der Waals surface area contributed by atoms with Gasteiger partial charge in [-0.1, -0.05) is 71.1 Å². The zero-order chi connectivity index (χ0) is 12.8. The fraction of sp³-hybridized carbons (Fsp3) is 0.625. The molecule has 0 aliphatic rings. The van der Waals surface area contributed by atoms with Gasteiger partial charge in [-0.2, -0.15) is 0 Å². The van der Waals surface area contributed by atoms with Crippen LogP contribution in [-0.2, 0) is 0 Å². The molecule has 0 atom stereocenters. The Hall–Kier alpha value is -0.980. The normalized spacial score (nSPS) is 9.35. The SMILES string of the molecule is CCCCC.CCCCCOc1ccccc1. The summed E-state index contributed by atoms with van der Waals surface area (Å²) in [6.07, 6.45) is 7.74. The zero-order valence-corrected chi connectivity index (χ0v) is 11.7. The summed E-state index contributed by atoms with van der Waals surface area (Å²) >= 11 is 0. The molecule has 0 radical (unpaired) electrons. The Labute approximate surface area is 107 Å². The molecule has 1 nitrogen and oxygen atoms in total. The van der Waals surface area contributed by atoms with E-state index in [2.05, 4.69) is 20.8 Å². The van der Waals surface area contributed by atoms with Gasteiger partial charge in [-0.15, -0.1) is 0 Å². The van der Waals surface area contributed by atoms with Gasteiger partial charge in [-0.3, -0.25) is 0 Å². The Kier molecular flexibility index (Phi) is 12.3. The first-order valence-corrected chi connectivity index (χ1v) is 7.02. The van der Waals surface area contributed by atoms with Crippen LogP contribution in [0.15, 0.2) is 30.3 Å². The molecule has 0 aliphatic heterocycles. The molecule has 0 amide bonds. The Balaban J connectivity index is 0.000000437. The Bertz CT molecular complexity index is 229. The summed E-state index contributed by atoms with van der Waals surface area (Å²) in [6, 6.07) is 9.97. The van der Waals surface area contributed by atoms with Crippen LogP contribution in [-0.4, -0.2) is 6.61 Å². The second-order valence-corrected chi connectivity index (χ2v) is 4.22. The summed E-state index contributed by atoms with van der Waals surface area (Å²) in [6.45, 7) is 7.47. The van der Waals surface area contributed by atoms with E-state index in [4.69, 9.17) is 4.74 Å². The Morgan fingerprint density at radius 3 is 1.82 bits per heavy atom. The predicted molar refractivity (Wildman–Crippen MR) is 76.7 cm³/mol. The van der Waals surface area contributed by atoms with Crippen molar-refractivity contribution in [1.29, 1.82) is 0 Å². The molecule has 1 rings (SSSR count). The van der Waals surface area contributed by atoms with E-state index in [-0.39, 0.29) is 0 Å². The topological polar surface area (TPSA) is 9.23 Å². The lowest BCUT2D eigenvalue weighted by Crippen LogP contribution is -1.96. The molecule has 0 aliphatic carbocycles. The van der Waals surface area contributed by atoms with E-state index in [1.165, 1.54) is 32.1 Å². The van der Waals surface area contributed by atoms with Gasteiger partial charge in [0.05, 0.1) is 6.61 Å². The molecule has 0 aromatic heterocycles. The molecular formula is C16H28O. The standard InChI is InChI=1S/C11H16O.C5H12/c1-2-3-7-10-12-11-8-5-4-6-9-11;1-3-5-4-2/h4-6,8-9H,2-3,7,10H2,1H3;3-5H2,1-2H3. The van der Waals surface area contributed by atoms with Crippen molar-refractivity contribution in [2.24, 2.45) is 0 Å². The maximum absolute atomic E-state index is 5.51. The van der Waals surface area contributed by atoms with E-state index in [1.54, 1.807) is 0 Å². The molecule has 0 fully saturated rings. The van der Waals surface area contributed by atoms with E-state index >= 15 is 0 Å². The van der Waals surface area contributed by atoms with Crippen molar-refractivity contribution in [2.75, 3.05) is 6.61 Å². The third-order valence-electron chi connectivity index (χ3n) is 2.47. The van der Waals surface area contributed by atoms with Crippen molar-refractivity contribution in [3.05, 3.63) is 30.3 Å². The lowest BCUT2D eigenvalue weighted by molar-refractivity contribution is 0.306. The molecule has 0 unspecified atom stereocenters. The third-order valence-corrected chi connectivity index (χ3v) is 2.47. The smallest absolute Gasteiger partial charge is 0.119 e. The number of unbranched alkanes of at least 4 members (excludes halogenated alkanes) is 4. The van der Waals surface area contributed by atoms with Crippen molar-refractivity contribution in [1.82, 2.24) is 0 Å². The van der Waals surface area contributed by atoms with Gasteiger partial charge in [-0.25, -0.2) is 0 Å². The maximum Gasteiger partial charge on any atom is 0.119 e. The van der Waals surface area contributed by atoms with Crippen molar-refractivity contribution in [3.8, 4) is 5.75 Å². The summed E-state index contributed by atoms with van der Waals surface area (Å²) in [5.41, 5.74) is 0. The highest BCUT2D eigenvalue weighted by Gasteiger charge is 1.89. The number of hydrogen-bond acceptors (Lipinski definition) is 1. The highest BCUT2D eigenvalue weighted by Crippen LogP contribution is 2.08. The van der Waals surface area contributed by atoms with E-state index < -0.39 is 0 Å².